The fraction of sp³-hybridized carbons (Fsp3) is 0.0526. The molecule has 1 N–H and O–H groups in total. The Morgan fingerprint density at radius 2 is 1.96 bits per heavy atom. The van der Waals surface area contributed by atoms with Crippen LogP contribution in [0.3, 0.4) is 0 Å². The van der Waals surface area contributed by atoms with Gasteiger partial charge in [-0.05, 0) is 41.5 Å². The summed E-state index contributed by atoms with van der Waals surface area (Å²) < 4.78 is 15.2. The second kappa shape index (κ2) is 6.53. The van der Waals surface area contributed by atoms with Crippen molar-refractivity contribution in [3.63, 3.8) is 0 Å². The Labute approximate surface area is 148 Å². The Bertz CT molecular complexity index is 1040. The van der Waals surface area contributed by atoms with Gasteiger partial charge in [0.15, 0.2) is 5.65 Å². The highest BCUT2D eigenvalue weighted by molar-refractivity contribution is 6.30. The van der Waals surface area contributed by atoms with Crippen molar-refractivity contribution >= 4 is 23.1 Å². The van der Waals surface area contributed by atoms with Crippen molar-refractivity contribution in [3.8, 4) is 11.1 Å². The van der Waals surface area contributed by atoms with Gasteiger partial charge in [0.05, 0.1) is 6.20 Å². The number of hydrogen-bond donors (Lipinski definition) is 1. The van der Waals surface area contributed by atoms with E-state index in [1.54, 1.807) is 23.0 Å². The first-order valence-corrected chi connectivity index (χ1v) is 8.15. The molecule has 2 heterocycles. The zero-order valence-electron chi connectivity index (χ0n) is 13.2. The Hall–Kier alpha value is -2.92. The van der Waals surface area contributed by atoms with Gasteiger partial charge in [0, 0.05) is 23.3 Å². The summed E-state index contributed by atoms with van der Waals surface area (Å²) >= 11 is 6.02. The first-order chi connectivity index (χ1) is 12.2. The third kappa shape index (κ3) is 3.19. The molecule has 124 valence electrons. The van der Waals surface area contributed by atoms with Crippen molar-refractivity contribution in [2.75, 3.05) is 5.32 Å². The molecule has 4 aromatic rings. The van der Waals surface area contributed by atoms with Gasteiger partial charge in [0.1, 0.15) is 11.6 Å². The lowest BCUT2D eigenvalue weighted by Crippen LogP contribution is -2.05. The van der Waals surface area contributed by atoms with Crippen LogP contribution in [0.5, 0.6) is 0 Å². The van der Waals surface area contributed by atoms with Crippen LogP contribution in [0.2, 0.25) is 5.02 Å². The van der Waals surface area contributed by atoms with Crippen LogP contribution in [0, 0.1) is 5.82 Å². The van der Waals surface area contributed by atoms with Gasteiger partial charge in [0.25, 0.3) is 0 Å². The number of nitrogens with one attached hydrogen (secondary N) is 1. The number of rotatable bonds is 4. The van der Waals surface area contributed by atoms with Crippen LogP contribution in [-0.4, -0.2) is 14.6 Å². The molecule has 25 heavy (non-hydrogen) atoms. The topological polar surface area (TPSA) is 42.2 Å². The molecule has 0 aliphatic heterocycles. The van der Waals surface area contributed by atoms with Gasteiger partial charge in [-0.3, -0.25) is 0 Å². The third-order valence-electron chi connectivity index (χ3n) is 3.90. The number of anilines is 1. The molecule has 2 aromatic heterocycles. The van der Waals surface area contributed by atoms with Gasteiger partial charge >= 0.3 is 0 Å². The highest BCUT2D eigenvalue weighted by atomic mass is 35.5. The van der Waals surface area contributed by atoms with E-state index in [4.69, 9.17) is 11.6 Å². The Kier molecular flexibility index (Phi) is 4.07. The van der Waals surface area contributed by atoms with Crippen molar-refractivity contribution in [3.05, 3.63) is 83.4 Å². The molecule has 0 spiro atoms. The Morgan fingerprint density at radius 3 is 2.80 bits per heavy atom. The van der Waals surface area contributed by atoms with E-state index in [0.29, 0.717) is 17.2 Å². The number of hydrogen-bond acceptors (Lipinski definition) is 3. The Morgan fingerprint density at radius 1 is 1.08 bits per heavy atom. The average Bonchev–Trinajstić information content (AvgIpc) is 3.05. The molecular formula is C19H14ClFN4. The molecule has 4 nitrogen and oxygen atoms in total. The van der Waals surface area contributed by atoms with Crippen molar-refractivity contribution in [2.24, 2.45) is 0 Å². The third-order valence-corrected chi connectivity index (χ3v) is 4.13. The molecule has 6 heteroatoms. The van der Waals surface area contributed by atoms with Crippen LogP contribution in [-0.2, 0) is 6.54 Å². The smallest absolute Gasteiger partial charge is 0.165 e. The number of nitrogens with zero attached hydrogens (tertiary/aromatic N) is 3. The molecule has 0 unspecified atom stereocenters. The van der Waals surface area contributed by atoms with Gasteiger partial charge in [-0.2, -0.15) is 9.61 Å². The van der Waals surface area contributed by atoms with E-state index in [1.165, 1.54) is 12.1 Å². The molecule has 0 atom stereocenters. The summed E-state index contributed by atoms with van der Waals surface area (Å²) in [6.45, 7) is 0.606. The van der Waals surface area contributed by atoms with Gasteiger partial charge in [-0.15, -0.1) is 0 Å². The molecule has 0 radical (unpaired) electrons. The second-order valence-corrected chi connectivity index (χ2v) is 6.05. The van der Waals surface area contributed by atoms with Gasteiger partial charge in [-0.25, -0.2) is 9.37 Å². The van der Waals surface area contributed by atoms with Crippen LogP contribution in [0.15, 0.2) is 67.0 Å². The van der Waals surface area contributed by atoms with E-state index < -0.39 is 0 Å². The average molecular weight is 353 g/mol. The maximum atomic E-state index is 13.5. The Balaban J connectivity index is 1.67. The maximum absolute atomic E-state index is 13.5. The lowest BCUT2D eigenvalue weighted by atomic mass is 10.1. The predicted molar refractivity (Wildman–Crippen MR) is 97.2 cm³/mol. The summed E-state index contributed by atoms with van der Waals surface area (Å²) in [5.74, 6) is 0.514. The van der Waals surface area contributed by atoms with Crippen molar-refractivity contribution < 1.29 is 4.39 Å². The summed E-state index contributed by atoms with van der Waals surface area (Å²) in [7, 11) is 0. The minimum Gasteiger partial charge on any atom is -0.366 e. The van der Waals surface area contributed by atoms with Crippen LogP contribution in [0.25, 0.3) is 16.8 Å². The molecule has 0 aliphatic carbocycles. The normalized spacial score (nSPS) is 11.0. The van der Waals surface area contributed by atoms with Crippen LogP contribution < -0.4 is 5.32 Å². The van der Waals surface area contributed by atoms with Crippen molar-refractivity contribution in [2.45, 2.75) is 6.54 Å². The highest BCUT2D eigenvalue weighted by Crippen LogP contribution is 2.25. The lowest BCUT2D eigenvalue weighted by Gasteiger charge is -2.09. The lowest BCUT2D eigenvalue weighted by molar-refractivity contribution is 0.628. The first kappa shape index (κ1) is 15.6. The summed E-state index contributed by atoms with van der Waals surface area (Å²) in [5, 5.41) is 8.43. The number of benzene rings is 2. The molecular weight excluding hydrogens is 339 g/mol. The monoisotopic (exact) mass is 352 g/mol. The van der Waals surface area contributed by atoms with Crippen LogP contribution in [0.4, 0.5) is 10.2 Å². The number of aromatic nitrogens is 3. The summed E-state index contributed by atoms with van der Waals surface area (Å²) in [6, 6.07) is 15.9. The molecule has 0 saturated carbocycles. The van der Waals surface area contributed by atoms with Crippen molar-refractivity contribution in [1.82, 2.24) is 14.6 Å². The SMILES string of the molecule is Fc1cccc(-c2cnn3c(NCc4cccc(Cl)c4)ccnc23)c1. The van der Waals surface area contributed by atoms with E-state index >= 15 is 0 Å². The minimum absolute atomic E-state index is 0.285. The number of fused-ring (bicyclic) bond motifs is 1. The minimum atomic E-state index is -0.285. The van der Waals surface area contributed by atoms with Crippen LogP contribution in [0.1, 0.15) is 5.56 Å². The van der Waals surface area contributed by atoms with E-state index in [-0.39, 0.29) is 5.82 Å². The summed E-state index contributed by atoms with van der Waals surface area (Å²) in [6.07, 6.45) is 3.40. The maximum Gasteiger partial charge on any atom is 0.165 e. The molecule has 0 fully saturated rings. The molecule has 0 amide bonds. The van der Waals surface area contributed by atoms with E-state index in [2.05, 4.69) is 15.4 Å². The molecule has 2 aromatic carbocycles. The van der Waals surface area contributed by atoms with Gasteiger partial charge in [-0.1, -0.05) is 35.9 Å². The van der Waals surface area contributed by atoms with E-state index in [1.807, 2.05) is 36.4 Å². The zero-order valence-corrected chi connectivity index (χ0v) is 13.9. The largest absolute Gasteiger partial charge is 0.366 e. The molecule has 0 aliphatic rings. The molecule has 0 saturated heterocycles. The highest BCUT2D eigenvalue weighted by Gasteiger charge is 2.11. The molecule has 0 bridgehead atoms. The van der Waals surface area contributed by atoms with Crippen LogP contribution >= 0.6 is 11.6 Å². The summed E-state index contributed by atoms with van der Waals surface area (Å²) in [5.41, 5.74) is 3.26. The summed E-state index contributed by atoms with van der Waals surface area (Å²) in [4.78, 5) is 4.39. The van der Waals surface area contributed by atoms with E-state index in [9.17, 15) is 4.39 Å². The predicted octanol–water partition coefficient (Wildman–Crippen LogP) is 4.80. The second-order valence-electron chi connectivity index (χ2n) is 5.62. The standard InChI is InChI=1S/C19H14ClFN4/c20-15-5-1-3-13(9-15)11-23-18-7-8-22-19-17(12-24-25(18)19)14-4-2-6-16(21)10-14/h1-10,12,23H,11H2. The van der Waals surface area contributed by atoms with Gasteiger partial charge in [0.2, 0.25) is 0 Å². The molecule has 4 rings (SSSR count). The first-order valence-electron chi connectivity index (χ1n) is 7.78. The van der Waals surface area contributed by atoms with Gasteiger partial charge < -0.3 is 5.32 Å². The quantitative estimate of drug-likeness (QED) is 0.573. The zero-order chi connectivity index (χ0) is 17.2. The fourth-order valence-electron chi connectivity index (χ4n) is 2.72. The fourth-order valence-corrected chi connectivity index (χ4v) is 2.94. The van der Waals surface area contributed by atoms with E-state index in [0.717, 1.165) is 22.5 Å². The van der Waals surface area contributed by atoms with Crippen molar-refractivity contribution in [1.29, 1.82) is 0 Å². The number of halogens is 2.